The molecule has 2 atom stereocenters. The third-order valence-corrected chi connectivity index (χ3v) is 10.5. The highest BCUT2D eigenvalue weighted by molar-refractivity contribution is 5.70. The van der Waals surface area contributed by atoms with Gasteiger partial charge < -0.3 is 28.6 Å². The van der Waals surface area contributed by atoms with E-state index in [4.69, 9.17) is 14.2 Å². The van der Waals surface area contributed by atoms with Crippen molar-refractivity contribution in [2.24, 2.45) is 0 Å². The Kier molecular flexibility index (Phi) is 38.6. The Balaban J connectivity index is 4.24. The number of carbonyl (C=O) groups is 3. The van der Waals surface area contributed by atoms with E-state index in [2.05, 4.69) is 50.3 Å². The van der Waals surface area contributed by atoms with E-state index in [-0.39, 0.29) is 42.7 Å². The van der Waals surface area contributed by atoms with Gasteiger partial charge in [-0.25, -0.2) is 0 Å². The first-order valence-corrected chi connectivity index (χ1v) is 23.5. The SMILES string of the molecule is CC/C=C/C/C=C/C/C=C/CCCCCCCCCCCCCC(=O)OC(COCCC(C(=O)[O-])[N+](C)(C)C)COC(=O)CCCCCCCCCCCCCC. The summed E-state index contributed by atoms with van der Waals surface area (Å²) in [5, 5.41) is 11.6. The third-order valence-electron chi connectivity index (χ3n) is 10.5. The number of carboxylic acids is 1. The molecule has 0 bridgehead atoms. The van der Waals surface area contributed by atoms with Crippen LogP contribution >= 0.6 is 0 Å². The molecule has 0 radical (unpaired) electrons. The van der Waals surface area contributed by atoms with E-state index in [1.54, 1.807) is 21.1 Å². The van der Waals surface area contributed by atoms with Gasteiger partial charge in [0, 0.05) is 19.3 Å². The van der Waals surface area contributed by atoms with Gasteiger partial charge in [0.05, 0.1) is 40.3 Å². The summed E-state index contributed by atoms with van der Waals surface area (Å²) in [6, 6.07) is -0.724. The number of hydrogen-bond donors (Lipinski definition) is 0. The lowest BCUT2D eigenvalue weighted by molar-refractivity contribution is -0.889. The maximum Gasteiger partial charge on any atom is 0.306 e. The van der Waals surface area contributed by atoms with Gasteiger partial charge in [0.1, 0.15) is 12.6 Å². The molecule has 0 saturated carbocycles. The highest BCUT2D eigenvalue weighted by atomic mass is 16.6. The number of aliphatic carboxylic acids is 1. The molecule has 0 fully saturated rings. The number of hydrogen-bond acceptors (Lipinski definition) is 7. The van der Waals surface area contributed by atoms with Crippen molar-refractivity contribution in [3.8, 4) is 0 Å². The number of unbranched alkanes of at least 4 members (excludes halogenated alkanes) is 22. The lowest BCUT2D eigenvalue weighted by atomic mass is 10.0. The predicted octanol–water partition coefficient (Wildman–Crippen LogP) is 11.7. The van der Waals surface area contributed by atoms with Crippen LogP contribution in [0.2, 0.25) is 0 Å². The summed E-state index contributed by atoms with van der Waals surface area (Å²) in [7, 11) is 5.41. The van der Waals surface area contributed by atoms with E-state index < -0.39 is 18.1 Å². The number of allylic oxidation sites excluding steroid dienone is 6. The largest absolute Gasteiger partial charge is 0.544 e. The van der Waals surface area contributed by atoms with Crippen LogP contribution in [0.15, 0.2) is 36.5 Å². The van der Waals surface area contributed by atoms with E-state index in [0.717, 1.165) is 57.8 Å². The maximum absolute atomic E-state index is 12.7. The van der Waals surface area contributed by atoms with Crippen molar-refractivity contribution in [2.45, 2.75) is 219 Å². The van der Waals surface area contributed by atoms with Gasteiger partial charge in [0.25, 0.3) is 0 Å². The number of quaternary nitrogens is 1. The average molecular weight is 804 g/mol. The fourth-order valence-corrected chi connectivity index (χ4v) is 6.91. The lowest BCUT2D eigenvalue weighted by Gasteiger charge is -2.34. The van der Waals surface area contributed by atoms with Crippen molar-refractivity contribution in [3.63, 3.8) is 0 Å². The topological polar surface area (TPSA) is 102 Å². The number of esters is 2. The molecule has 0 aliphatic carbocycles. The fraction of sp³-hybridized carbons (Fsp3) is 0.816. The minimum absolute atomic E-state index is 0.0427. The zero-order chi connectivity index (χ0) is 42.1. The molecule has 332 valence electrons. The molecule has 0 rings (SSSR count). The second-order valence-electron chi connectivity index (χ2n) is 17.0. The highest BCUT2D eigenvalue weighted by Crippen LogP contribution is 2.15. The van der Waals surface area contributed by atoms with Crippen LogP contribution in [0.4, 0.5) is 0 Å². The smallest absolute Gasteiger partial charge is 0.306 e. The standard InChI is InChI=1S/C49H89NO7/c1-6-8-10-12-14-16-18-20-21-22-23-24-25-26-27-28-30-32-34-36-38-40-48(52)57-45(43-55-42-41-46(49(53)54)50(3,4)5)44-56-47(51)39-37-35-33-31-29-19-17-15-13-11-9-7-2/h8,10,14,16,20-21,45-46H,6-7,9,11-13,15,17-19,22-44H2,1-5H3/b10-8+,16-14+,21-20+. The van der Waals surface area contributed by atoms with Gasteiger partial charge in [-0.3, -0.25) is 9.59 Å². The van der Waals surface area contributed by atoms with E-state index in [1.165, 1.54) is 116 Å². The summed E-state index contributed by atoms with van der Waals surface area (Å²) in [4.78, 5) is 36.9. The predicted molar refractivity (Wildman–Crippen MR) is 236 cm³/mol. The first-order chi connectivity index (χ1) is 27.6. The van der Waals surface area contributed by atoms with Gasteiger partial charge in [0.15, 0.2) is 6.10 Å². The van der Waals surface area contributed by atoms with Crippen molar-refractivity contribution >= 4 is 17.9 Å². The van der Waals surface area contributed by atoms with Gasteiger partial charge >= 0.3 is 11.9 Å². The van der Waals surface area contributed by atoms with E-state index >= 15 is 0 Å². The maximum atomic E-state index is 12.7. The first kappa shape index (κ1) is 54.6. The fourth-order valence-electron chi connectivity index (χ4n) is 6.91. The minimum Gasteiger partial charge on any atom is -0.544 e. The number of carboxylic acid groups (broad SMARTS) is 1. The number of nitrogens with zero attached hydrogens (tertiary/aromatic N) is 1. The number of carbonyl (C=O) groups excluding carboxylic acids is 3. The van der Waals surface area contributed by atoms with E-state index in [1.807, 2.05) is 0 Å². The van der Waals surface area contributed by atoms with Crippen LogP contribution in [0.5, 0.6) is 0 Å². The van der Waals surface area contributed by atoms with Gasteiger partial charge in [-0.1, -0.05) is 179 Å². The molecule has 0 spiro atoms. The molecule has 8 heteroatoms. The van der Waals surface area contributed by atoms with Crippen molar-refractivity contribution in [1.29, 1.82) is 0 Å². The summed E-state index contributed by atoms with van der Waals surface area (Å²) in [6.07, 6.45) is 45.9. The second kappa shape index (κ2) is 40.3. The monoisotopic (exact) mass is 804 g/mol. The minimum atomic E-state index is -1.12. The van der Waals surface area contributed by atoms with Crippen LogP contribution in [0.25, 0.3) is 0 Å². The molecule has 0 aromatic heterocycles. The molecule has 0 N–H and O–H groups in total. The first-order valence-electron chi connectivity index (χ1n) is 23.5. The summed E-state index contributed by atoms with van der Waals surface area (Å²) in [5.74, 6) is -1.73. The summed E-state index contributed by atoms with van der Waals surface area (Å²) >= 11 is 0. The van der Waals surface area contributed by atoms with Gasteiger partial charge in [-0.05, 0) is 44.9 Å². The molecule has 8 nitrogen and oxygen atoms in total. The Morgan fingerprint density at radius 3 is 1.46 bits per heavy atom. The third kappa shape index (κ3) is 38.8. The number of likely N-dealkylation sites (N-methyl/N-ethyl adjacent to an activating group) is 1. The van der Waals surface area contributed by atoms with Crippen LogP contribution in [-0.2, 0) is 28.6 Å². The van der Waals surface area contributed by atoms with Crippen LogP contribution < -0.4 is 5.11 Å². The van der Waals surface area contributed by atoms with Crippen molar-refractivity contribution in [3.05, 3.63) is 36.5 Å². The average Bonchev–Trinajstić information content (AvgIpc) is 3.17. The van der Waals surface area contributed by atoms with Crippen LogP contribution in [-0.4, -0.2) is 75.5 Å². The van der Waals surface area contributed by atoms with Crippen LogP contribution in [0, 0.1) is 0 Å². The summed E-state index contributed by atoms with van der Waals surface area (Å²) in [6.45, 7) is 4.56. The van der Waals surface area contributed by atoms with E-state index in [0.29, 0.717) is 12.8 Å². The Morgan fingerprint density at radius 2 is 0.982 bits per heavy atom. The molecular weight excluding hydrogens is 715 g/mol. The molecule has 57 heavy (non-hydrogen) atoms. The van der Waals surface area contributed by atoms with Gasteiger partial charge in [-0.2, -0.15) is 0 Å². The number of rotatable bonds is 42. The molecular formula is C49H89NO7. The second-order valence-corrected chi connectivity index (χ2v) is 17.0. The Hall–Kier alpha value is -2.45. The summed E-state index contributed by atoms with van der Waals surface area (Å²) < 4.78 is 17.2. The Bertz CT molecular complexity index is 1030. The molecule has 0 aromatic rings. The van der Waals surface area contributed by atoms with Crippen LogP contribution in [0.3, 0.4) is 0 Å². The van der Waals surface area contributed by atoms with Crippen molar-refractivity contribution in [1.82, 2.24) is 0 Å². The molecule has 0 aliphatic rings. The Labute approximate surface area is 351 Å². The van der Waals surface area contributed by atoms with E-state index in [9.17, 15) is 19.5 Å². The molecule has 0 heterocycles. The molecule has 2 unspecified atom stereocenters. The molecule has 0 aliphatic heterocycles. The lowest BCUT2D eigenvalue weighted by Crippen LogP contribution is -2.55. The molecule has 0 amide bonds. The molecule has 0 saturated heterocycles. The van der Waals surface area contributed by atoms with Gasteiger partial charge in [0.2, 0.25) is 0 Å². The van der Waals surface area contributed by atoms with Crippen molar-refractivity contribution in [2.75, 3.05) is 41.0 Å². The van der Waals surface area contributed by atoms with Gasteiger partial charge in [-0.15, -0.1) is 0 Å². The Morgan fingerprint density at radius 1 is 0.544 bits per heavy atom. The zero-order valence-corrected chi connectivity index (χ0v) is 37.8. The zero-order valence-electron chi connectivity index (χ0n) is 37.8. The van der Waals surface area contributed by atoms with Crippen LogP contribution in [0.1, 0.15) is 206 Å². The molecule has 0 aromatic carbocycles. The quantitative estimate of drug-likeness (QED) is 0.0262. The number of ether oxygens (including phenoxy) is 3. The van der Waals surface area contributed by atoms with Crippen molar-refractivity contribution < 1.29 is 38.2 Å². The highest BCUT2D eigenvalue weighted by Gasteiger charge is 2.25. The normalized spacial score (nSPS) is 13.2. The summed E-state index contributed by atoms with van der Waals surface area (Å²) in [5.41, 5.74) is 0.